The lowest BCUT2D eigenvalue weighted by atomic mass is 10.6. The summed E-state index contributed by atoms with van der Waals surface area (Å²) in [4.78, 5) is 0. The summed E-state index contributed by atoms with van der Waals surface area (Å²) in [6, 6.07) is 0. The van der Waals surface area contributed by atoms with Gasteiger partial charge in [0.05, 0.1) is 0 Å². The van der Waals surface area contributed by atoms with E-state index >= 15 is 0 Å². The van der Waals surface area contributed by atoms with Crippen LogP contribution < -0.4 is 0 Å². The molecule has 0 radical (unpaired) electrons. The van der Waals surface area contributed by atoms with Crippen molar-refractivity contribution >= 4 is 31.9 Å². The van der Waals surface area contributed by atoms with Crippen molar-refractivity contribution in [1.82, 2.24) is 0 Å². The third kappa shape index (κ3) is 4.96. The molecule has 0 unspecified atom stereocenters. The minimum Gasteiger partial charge on any atom is -0.0928 e. The van der Waals surface area contributed by atoms with Crippen LogP contribution in [0.3, 0.4) is 0 Å². The molecule has 0 aliphatic heterocycles. The first-order valence-corrected chi connectivity index (χ1v) is 2.67. The van der Waals surface area contributed by atoms with Crippen LogP contribution >= 0.6 is 31.9 Å². The average Bonchev–Trinajstić information content (AvgIpc) is 1.14. The Morgan fingerprint density at radius 2 is 1.80 bits per heavy atom. The molecule has 0 aromatic carbocycles. The Hall–Kier alpha value is 0.960. The Kier molecular flexibility index (Phi) is 1.81. The van der Waals surface area contributed by atoms with Crippen LogP contribution in [0.25, 0.3) is 0 Å². The summed E-state index contributed by atoms with van der Waals surface area (Å²) in [5.74, 6) is 0. The topological polar surface area (TPSA) is 0 Å². The molecule has 0 aliphatic carbocycles. The van der Waals surface area contributed by atoms with Crippen LogP contribution in [-0.4, -0.2) is 10.6 Å². The molecule has 0 aromatic heterocycles. The Morgan fingerprint density at radius 3 is 1.80 bits per heavy atom. The molecule has 0 spiro atoms. The average molecular weight is 206 g/mol. The van der Waals surface area contributed by atoms with Crippen LogP contribution in [0.4, 0.5) is 0 Å². The highest BCUT2D eigenvalue weighted by Gasteiger charge is 1.71. The molecule has 0 fully saturated rings. The zero-order valence-electron chi connectivity index (χ0n) is 6.46. The lowest BCUT2D eigenvalue weighted by molar-refractivity contribution is 1.15. The highest BCUT2D eigenvalue weighted by molar-refractivity contribution is 9.09. The third-order valence-electron chi connectivity index (χ3n) is 0.134. The van der Waals surface area contributed by atoms with Crippen molar-refractivity contribution in [2.75, 3.05) is 10.6 Å². The molecule has 0 saturated carbocycles. The predicted molar refractivity (Wildman–Crippen MR) is 32.2 cm³/mol. The van der Waals surface area contributed by atoms with E-state index in [4.69, 9.17) is 5.48 Å². The first-order valence-electron chi connectivity index (χ1n) is 3.09. The SMILES string of the molecule is [2H]C([2H])(Br)CC([2H])([2H])Br. The van der Waals surface area contributed by atoms with Gasteiger partial charge in [0.1, 0.15) is 0 Å². The molecule has 2 heteroatoms. The molecular weight excluding hydrogens is 196 g/mol. The summed E-state index contributed by atoms with van der Waals surface area (Å²) >= 11 is 5.36. The summed E-state index contributed by atoms with van der Waals surface area (Å²) in [6.07, 6.45) is -0.208. The van der Waals surface area contributed by atoms with E-state index in [-0.39, 0.29) is 6.42 Å². The molecule has 0 nitrogen and oxygen atoms in total. The van der Waals surface area contributed by atoms with Crippen molar-refractivity contribution in [2.45, 2.75) is 6.42 Å². The normalized spacial score (nSPS) is 26.0. The van der Waals surface area contributed by atoms with E-state index in [1.807, 2.05) is 0 Å². The van der Waals surface area contributed by atoms with E-state index < -0.39 is 10.6 Å². The largest absolute Gasteiger partial charge is 0.0928 e. The highest BCUT2D eigenvalue weighted by Crippen LogP contribution is 1.90. The summed E-state index contributed by atoms with van der Waals surface area (Å²) in [5.41, 5.74) is 0. The number of alkyl halides is 2. The Balaban J connectivity index is 3.75. The summed E-state index contributed by atoms with van der Waals surface area (Å²) < 4.78 is 27.6. The lowest BCUT2D eigenvalue weighted by Crippen LogP contribution is -1.69. The number of rotatable bonds is 2. The maximum Gasteiger partial charge on any atom is 0.0387 e. The van der Waals surface area contributed by atoms with Gasteiger partial charge in [-0.2, -0.15) is 0 Å². The maximum atomic E-state index is 6.90. The fourth-order valence-corrected chi connectivity index (χ4v) is 0.682. The van der Waals surface area contributed by atoms with Crippen LogP contribution in [0.15, 0.2) is 0 Å². The first-order chi connectivity index (χ1) is 3.71. The van der Waals surface area contributed by atoms with Crippen molar-refractivity contribution in [3.8, 4) is 0 Å². The zero-order chi connectivity index (χ0) is 7.71. The van der Waals surface area contributed by atoms with E-state index in [1.165, 1.54) is 0 Å². The van der Waals surface area contributed by atoms with Gasteiger partial charge in [0.15, 0.2) is 0 Å². The Labute approximate surface area is 54.8 Å². The quantitative estimate of drug-likeness (QED) is 0.607. The second-order valence-corrected chi connectivity index (χ2v) is 1.57. The van der Waals surface area contributed by atoms with E-state index in [0.717, 1.165) is 0 Å². The van der Waals surface area contributed by atoms with Crippen molar-refractivity contribution in [1.29, 1.82) is 0 Å². The van der Waals surface area contributed by atoms with Gasteiger partial charge < -0.3 is 0 Å². The summed E-state index contributed by atoms with van der Waals surface area (Å²) in [6.45, 7) is 0. The first kappa shape index (κ1) is 1.83. The molecule has 0 aromatic rings. The van der Waals surface area contributed by atoms with Gasteiger partial charge in [-0.05, 0) is 6.42 Å². The molecule has 0 atom stereocenters. The monoisotopic (exact) mass is 204 g/mol. The van der Waals surface area contributed by atoms with Gasteiger partial charge in [0.25, 0.3) is 0 Å². The number of hydrogen-bond acceptors (Lipinski definition) is 0. The van der Waals surface area contributed by atoms with E-state index in [2.05, 4.69) is 31.9 Å². The van der Waals surface area contributed by atoms with Gasteiger partial charge >= 0.3 is 0 Å². The Bertz CT molecular complexity index is 79.0. The van der Waals surface area contributed by atoms with Crippen LogP contribution in [-0.2, 0) is 0 Å². The van der Waals surface area contributed by atoms with E-state index in [0.29, 0.717) is 0 Å². The second kappa shape index (κ2) is 4.96. The van der Waals surface area contributed by atoms with E-state index in [1.54, 1.807) is 0 Å². The van der Waals surface area contributed by atoms with Crippen molar-refractivity contribution < 1.29 is 5.48 Å². The van der Waals surface area contributed by atoms with Crippen molar-refractivity contribution in [3.05, 3.63) is 0 Å². The van der Waals surface area contributed by atoms with Gasteiger partial charge in [-0.1, -0.05) is 31.9 Å². The molecule has 0 bridgehead atoms. The van der Waals surface area contributed by atoms with Gasteiger partial charge in [-0.25, -0.2) is 0 Å². The van der Waals surface area contributed by atoms with Crippen LogP contribution in [0.2, 0.25) is 0 Å². The Morgan fingerprint density at radius 1 is 1.40 bits per heavy atom. The highest BCUT2D eigenvalue weighted by atomic mass is 79.9. The molecule has 0 aliphatic rings. The van der Waals surface area contributed by atoms with E-state index in [9.17, 15) is 0 Å². The minimum atomic E-state index is -1.62. The second-order valence-electron chi connectivity index (χ2n) is 0.444. The standard InChI is InChI=1S/C3H6Br2/c4-2-1-3-5/h1-3H2/i2D2,3D2. The lowest BCUT2D eigenvalue weighted by Gasteiger charge is -1.76. The zero-order valence-corrected chi connectivity index (χ0v) is 5.64. The van der Waals surface area contributed by atoms with Crippen LogP contribution in [0.1, 0.15) is 11.9 Å². The maximum absolute atomic E-state index is 6.90. The van der Waals surface area contributed by atoms with Gasteiger partial charge in [-0.15, -0.1) is 0 Å². The summed E-state index contributed by atoms with van der Waals surface area (Å²) in [7, 11) is 0. The van der Waals surface area contributed by atoms with Crippen LogP contribution in [0.5, 0.6) is 0 Å². The molecule has 0 saturated heterocycles. The molecule has 0 amide bonds. The van der Waals surface area contributed by atoms with Gasteiger partial charge in [0, 0.05) is 16.0 Å². The fraction of sp³-hybridized carbons (Fsp3) is 1.00. The predicted octanol–water partition coefficient (Wildman–Crippen LogP) is 2.17. The number of halogens is 2. The molecule has 5 heavy (non-hydrogen) atoms. The molecular formula is C3H6Br2. The molecule has 0 rings (SSSR count). The molecule has 32 valence electrons. The summed E-state index contributed by atoms with van der Waals surface area (Å²) in [5, 5.41) is -3.25. The van der Waals surface area contributed by atoms with Crippen molar-refractivity contribution in [2.24, 2.45) is 0 Å². The van der Waals surface area contributed by atoms with Gasteiger partial charge in [-0.3, -0.25) is 0 Å². The molecule has 0 heterocycles. The van der Waals surface area contributed by atoms with Crippen molar-refractivity contribution in [3.63, 3.8) is 0 Å². The third-order valence-corrected chi connectivity index (χ3v) is 0.694. The van der Waals surface area contributed by atoms with Crippen LogP contribution in [0, 0.1) is 0 Å². The fourth-order valence-electron chi connectivity index (χ4n) is 0.0253. The molecule has 0 N–H and O–H groups in total. The smallest absolute Gasteiger partial charge is 0.0387 e. The van der Waals surface area contributed by atoms with Gasteiger partial charge in [0.2, 0.25) is 0 Å². The minimum absolute atomic E-state index is 0.208. The number of hydrogen-bond donors (Lipinski definition) is 0.